The Morgan fingerprint density at radius 1 is 1.21 bits per heavy atom. The molecule has 1 saturated heterocycles. The molecular formula is C15H23N3O. The van der Waals surface area contributed by atoms with Gasteiger partial charge in [-0.3, -0.25) is 9.69 Å². The first-order valence-electron chi connectivity index (χ1n) is 6.97. The summed E-state index contributed by atoms with van der Waals surface area (Å²) in [5, 5.41) is 0. The van der Waals surface area contributed by atoms with Crippen LogP contribution in [-0.4, -0.2) is 48.4 Å². The zero-order valence-corrected chi connectivity index (χ0v) is 11.6. The highest BCUT2D eigenvalue weighted by Crippen LogP contribution is 2.21. The van der Waals surface area contributed by atoms with Gasteiger partial charge >= 0.3 is 0 Å². The molecule has 1 aliphatic heterocycles. The van der Waals surface area contributed by atoms with Gasteiger partial charge in [-0.05, 0) is 12.0 Å². The first-order valence-corrected chi connectivity index (χ1v) is 6.97. The standard InChI is InChI=1S/C15H23N3O/c1-13(19)17-8-5-9-18(11-10-17)15(12-16)14-6-3-2-4-7-14/h2-4,6-7,15H,5,8-12,16H2,1H3. The van der Waals surface area contributed by atoms with Gasteiger partial charge in [0.15, 0.2) is 0 Å². The molecule has 1 aliphatic rings. The van der Waals surface area contributed by atoms with E-state index in [1.165, 1.54) is 5.56 Å². The van der Waals surface area contributed by atoms with Gasteiger partial charge in [-0.1, -0.05) is 30.3 Å². The molecule has 1 atom stereocenters. The fraction of sp³-hybridized carbons (Fsp3) is 0.533. The van der Waals surface area contributed by atoms with E-state index in [1.807, 2.05) is 11.0 Å². The largest absolute Gasteiger partial charge is 0.342 e. The van der Waals surface area contributed by atoms with Crippen molar-refractivity contribution in [1.29, 1.82) is 0 Å². The molecule has 1 aromatic rings. The van der Waals surface area contributed by atoms with Crippen LogP contribution in [0.25, 0.3) is 0 Å². The third-order valence-electron chi connectivity index (χ3n) is 3.82. The molecule has 19 heavy (non-hydrogen) atoms. The topological polar surface area (TPSA) is 49.6 Å². The van der Waals surface area contributed by atoms with Gasteiger partial charge in [0.1, 0.15) is 0 Å². The van der Waals surface area contributed by atoms with Crippen molar-refractivity contribution in [3.63, 3.8) is 0 Å². The van der Waals surface area contributed by atoms with Crippen LogP contribution in [0.5, 0.6) is 0 Å². The molecule has 0 aliphatic carbocycles. The van der Waals surface area contributed by atoms with E-state index < -0.39 is 0 Å². The molecule has 2 rings (SSSR count). The number of amides is 1. The highest BCUT2D eigenvalue weighted by Gasteiger charge is 2.22. The smallest absolute Gasteiger partial charge is 0.219 e. The lowest BCUT2D eigenvalue weighted by molar-refractivity contribution is -0.128. The lowest BCUT2D eigenvalue weighted by Gasteiger charge is -2.30. The molecule has 0 radical (unpaired) electrons. The lowest BCUT2D eigenvalue weighted by atomic mass is 10.1. The van der Waals surface area contributed by atoms with Crippen LogP contribution in [0.3, 0.4) is 0 Å². The molecule has 0 aromatic heterocycles. The first kappa shape index (κ1) is 14.0. The van der Waals surface area contributed by atoms with Crippen LogP contribution in [0.2, 0.25) is 0 Å². The Morgan fingerprint density at radius 2 is 1.95 bits per heavy atom. The van der Waals surface area contributed by atoms with Crippen molar-refractivity contribution in [3.8, 4) is 0 Å². The molecule has 1 unspecified atom stereocenters. The average Bonchev–Trinajstić information content (AvgIpc) is 2.67. The molecule has 0 spiro atoms. The van der Waals surface area contributed by atoms with Crippen molar-refractivity contribution in [3.05, 3.63) is 35.9 Å². The minimum absolute atomic E-state index is 0.172. The maximum Gasteiger partial charge on any atom is 0.219 e. The number of nitrogens with zero attached hydrogens (tertiary/aromatic N) is 2. The summed E-state index contributed by atoms with van der Waals surface area (Å²) in [5.41, 5.74) is 7.22. The van der Waals surface area contributed by atoms with Crippen LogP contribution in [-0.2, 0) is 4.79 Å². The second kappa shape index (κ2) is 6.68. The molecule has 1 heterocycles. The maximum atomic E-state index is 11.5. The number of hydrogen-bond acceptors (Lipinski definition) is 3. The number of hydrogen-bond donors (Lipinski definition) is 1. The van der Waals surface area contributed by atoms with Crippen LogP contribution >= 0.6 is 0 Å². The lowest BCUT2D eigenvalue weighted by Crippen LogP contribution is -2.37. The molecular weight excluding hydrogens is 238 g/mol. The van der Waals surface area contributed by atoms with Crippen LogP contribution < -0.4 is 5.73 Å². The Balaban J connectivity index is 2.06. The van der Waals surface area contributed by atoms with Gasteiger partial charge in [-0.25, -0.2) is 0 Å². The van der Waals surface area contributed by atoms with Crippen LogP contribution in [0, 0.1) is 0 Å². The highest BCUT2D eigenvalue weighted by molar-refractivity contribution is 5.73. The Hall–Kier alpha value is -1.39. The van der Waals surface area contributed by atoms with Crippen molar-refractivity contribution in [2.75, 3.05) is 32.7 Å². The second-order valence-corrected chi connectivity index (χ2v) is 5.06. The summed E-state index contributed by atoms with van der Waals surface area (Å²) >= 11 is 0. The fourth-order valence-electron chi connectivity index (χ4n) is 2.74. The third-order valence-corrected chi connectivity index (χ3v) is 3.82. The predicted octanol–water partition coefficient (Wildman–Crippen LogP) is 1.24. The normalized spacial score (nSPS) is 18.9. The van der Waals surface area contributed by atoms with Gasteiger partial charge in [-0.2, -0.15) is 0 Å². The zero-order valence-electron chi connectivity index (χ0n) is 11.6. The molecule has 1 fully saturated rings. The molecule has 1 aromatic carbocycles. The van der Waals surface area contributed by atoms with E-state index in [0.717, 1.165) is 32.6 Å². The van der Waals surface area contributed by atoms with Crippen molar-refractivity contribution in [2.45, 2.75) is 19.4 Å². The van der Waals surface area contributed by atoms with Crippen molar-refractivity contribution < 1.29 is 4.79 Å². The number of benzene rings is 1. The molecule has 1 amide bonds. The Labute approximate surface area is 115 Å². The van der Waals surface area contributed by atoms with Crippen LogP contribution in [0.15, 0.2) is 30.3 Å². The van der Waals surface area contributed by atoms with Gasteiger partial charge in [0.2, 0.25) is 5.91 Å². The van der Waals surface area contributed by atoms with Crippen molar-refractivity contribution >= 4 is 5.91 Å². The monoisotopic (exact) mass is 261 g/mol. The van der Waals surface area contributed by atoms with Crippen LogP contribution in [0.1, 0.15) is 24.9 Å². The van der Waals surface area contributed by atoms with E-state index in [4.69, 9.17) is 5.73 Å². The summed E-state index contributed by atoms with van der Waals surface area (Å²) in [6.45, 7) is 5.82. The summed E-state index contributed by atoms with van der Waals surface area (Å²) in [4.78, 5) is 15.8. The maximum absolute atomic E-state index is 11.5. The summed E-state index contributed by atoms with van der Waals surface area (Å²) in [6, 6.07) is 10.6. The summed E-state index contributed by atoms with van der Waals surface area (Å²) < 4.78 is 0. The second-order valence-electron chi connectivity index (χ2n) is 5.06. The number of rotatable bonds is 3. The molecule has 0 saturated carbocycles. The molecule has 4 nitrogen and oxygen atoms in total. The van der Waals surface area contributed by atoms with Gasteiger partial charge in [0.25, 0.3) is 0 Å². The summed E-state index contributed by atoms with van der Waals surface area (Å²) in [7, 11) is 0. The van der Waals surface area contributed by atoms with E-state index in [2.05, 4.69) is 29.2 Å². The van der Waals surface area contributed by atoms with Gasteiger partial charge in [-0.15, -0.1) is 0 Å². The van der Waals surface area contributed by atoms with Gasteiger partial charge in [0, 0.05) is 45.7 Å². The summed E-state index contributed by atoms with van der Waals surface area (Å²) in [6.07, 6.45) is 1.02. The number of carbonyl (C=O) groups excluding carboxylic acids is 1. The molecule has 0 bridgehead atoms. The molecule has 2 N–H and O–H groups in total. The first-order chi connectivity index (χ1) is 9.22. The molecule has 4 heteroatoms. The minimum Gasteiger partial charge on any atom is -0.342 e. The Morgan fingerprint density at radius 3 is 2.58 bits per heavy atom. The van der Waals surface area contributed by atoms with E-state index in [-0.39, 0.29) is 11.9 Å². The predicted molar refractivity (Wildman–Crippen MR) is 76.7 cm³/mol. The number of nitrogens with two attached hydrogens (primary N) is 1. The van der Waals surface area contributed by atoms with E-state index in [0.29, 0.717) is 6.54 Å². The van der Waals surface area contributed by atoms with Gasteiger partial charge < -0.3 is 10.6 Å². The fourth-order valence-corrected chi connectivity index (χ4v) is 2.74. The minimum atomic E-state index is 0.172. The average molecular weight is 261 g/mol. The highest BCUT2D eigenvalue weighted by atomic mass is 16.2. The quantitative estimate of drug-likeness (QED) is 0.890. The van der Waals surface area contributed by atoms with E-state index >= 15 is 0 Å². The zero-order chi connectivity index (χ0) is 13.7. The summed E-state index contributed by atoms with van der Waals surface area (Å²) in [5.74, 6) is 0.172. The Kier molecular flexibility index (Phi) is 4.93. The van der Waals surface area contributed by atoms with Crippen molar-refractivity contribution in [2.24, 2.45) is 5.73 Å². The van der Waals surface area contributed by atoms with Crippen LogP contribution in [0.4, 0.5) is 0 Å². The van der Waals surface area contributed by atoms with E-state index in [9.17, 15) is 4.79 Å². The Bertz CT molecular complexity index is 407. The van der Waals surface area contributed by atoms with Gasteiger partial charge in [0.05, 0.1) is 0 Å². The van der Waals surface area contributed by atoms with E-state index in [1.54, 1.807) is 6.92 Å². The third kappa shape index (κ3) is 3.55. The SMILES string of the molecule is CC(=O)N1CCCN(C(CN)c2ccccc2)CC1. The van der Waals surface area contributed by atoms with Crippen molar-refractivity contribution in [1.82, 2.24) is 9.80 Å². The number of carbonyl (C=O) groups is 1. The molecule has 104 valence electrons.